The Kier molecular flexibility index (Phi) is 5.62. The number of hydrogen-bond acceptors (Lipinski definition) is 4. The minimum atomic E-state index is -1.45. The normalized spacial score (nSPS) is 14.5. The number of benzene rings is 1. The van der Waals surface area contributed by atoms with E-state index in [1.807, 2.05) is 12.1 Å². The number of urea groups is 1. The first kappa shape index (κ1) is 17.6. The highest BCUT2D eigenvalue weighted by molar-refractivity contribution is 5.86. The maximum atomic E-state index is 12.4. The SMILES string of the molecule is COc1ccc(CN(C(=O)N[C@H](CC(=O)O)C(=O)O)C2CC2)cc1. The van der Waals surface area contributed by atoms with Crippen molar-refractivity contribution in [1.29, 1.82) is 0 Å². The summed E-state index contributed by atoms with van der Waals surface area (Å²) in [6, 6.07) is 5.24. The molecule has 0 bridgehead atoms. The Morgan fingerprint density at radius 2 is 1.88 bits per heavy atom. The summed E-state index contributed by atoms with van der Waals surface area (Å²) in [5.74, 6) is -1.95. The Labute approximate surface area is 139 Å². The molecule has 1 fully saturated rings. The van der Waals surface area contributed by atoms with Crippen molar-refractivity contribution in [2.24, 2.45) is 0 Å². The number of methoxy groups -OCH3 is 1. The van der Waals surface area contributed by atoms with Gasteiger partial charge in [-0.25, -0.2) is 9.59 Å². The maximum Gasteiger partial charge on any atom is 0.326 e. The van der Waals surface area contributed by atoms with Gasteiger partial charge in [-0.2, -0.15) is 0 Å². The Balaban J connectivity index is 2.04. The molecule has 8 nitrogen and oxygen atoms in total. The molecule has 0 saturated heterocycles. The van der Waals surface area contributed by atoms with E-state index in [1.54, 1.807) is 24.1 Å². The van der Waals surface area contributed by atoms with Gasteiger partial charge >= 0.3 is 18.0 Å². The highest BCUT2D eigenvalue weighted by atomic mass is 16.5. The van der Waals surface area contributed by atoms with E-state index in [0.29, 0.717) is 12.3 Å². The predicted octanol–water partition coefficient (Wildman–Crippen LogP) is 1.30. The van der Waals surface area contributed by atoms with Gasteiger partial charge in [0.2, 0.25) is 0 Å². The van der Waals surface area contributed by atoms with E-state index < -0.39 is 30.4 Å². The summed E-state index contributed by atoms with van der Waals surface area (Å²) in [6.45, 7) is 0.319. The number of ether oxygens (including phenoxy) is 1. The second-order valence-corrected chi connectivity index (χ2v) is 5.65. The van der Waals surface area contributed by atoms with E-state index in [0.717, 1.165) is 18.4 Å². The van der Waals surface area contributed by atoms with Crippen molar-refractivity contribution in [2.45, 2.75) is 37.9 Å². The van der Waals surface area contributed by atoms with E-state index in [4.69, 9.17) is 14.9 Å². The van der Waals surface area contributed by atoms with Crippen molar-refractivity contribution in [3.63, 3.8) is 0 Å². The van der Waals surface area contributed by atoms with Gasteiger partial charge < -0.3 is 25.2 Å². The van der Waals surface area contributed by atoms with Crippen LogP contribution in [0.15, 0.2) is 24.3 Å². The molecule has 1 saturated carbocycles. The minimum absolute atomic E-state index is 0.0476. The van der Waals surface area contributed by atoms with E-state index in [-0.39, 0.29) is 6.04 Å². The number of carboxylic acids is 2. The first-order valence-corrected chi connectivity index (χ1v) is 7.55. The Hall–Kier alpha value is -2.77. The smallest absolute Gasteiger partial charge is 0.326 e. The Morgan fingerprint density at radius 1 is 1.25 bits per heavy atom. The number of carbonyl (C=O) groups is 3. The molecule has 3 N–H and O–H groups in total. The van der Waals surface area contributed by atoms with Crippen molar-refractivity contribution in [1.82, 2.24) is 10.2 Å². The molecule has 1 aliphatic rings. The molecule has 1 aromatic rings. The standard InChI is InChI=1S/C16H20N2O6/c1-24-12-6-2-10(3-7-12)9-18(11-4-5-11)16(23)17-13(15(21)22)8-14(19)20/h2-3,6-7,11,13H,4-5,8-9H2,1H3,(H,17,23)(H,19,20)(H,21,22)/t13-/m1/s1. The molecule has 130 valence electrons. The predicted molar refractivity (Wildman–Crippen MR) is 83.8 cm³/mol. The summed E-state index contributed by atoms with van der Waals surface area (Å²) in [6.07, 6.45) is 1.03. The van der Waals surface area contributed by atoms with Crippen LogP contribution in [0.3, 0.4) is 0 Å². The van der Waals surface area contributed by atoms with Gasteiger partial charge in [0, 0.05) is 12.6 Å². The monoisotopic (exact) mass is 336 g/mol. The summed E-state index contributed by atoms with van der Waals surface area (Å²) in [5.41, 5.74) is 0.878. The second-order valence-electron chi connectivity index (χ2n) is 5.65. The number of hydrogen-bond donors (Lipinski definition) is 3. The highest BCUT2D eigenvalue weighted by Crippen LogP contribution is 2.28. The molecular formula is C16H20N2O6. The third-order valence-electron chi connectivity index (χ3n) is 3.74. The summed E-state index contributed by atoms with van der Waals surface area (Å²) >= 11 is 0. The number of amides is 2. The number of rotatable bonds is 8. The lowest BCUT2D eigenvalue weighted by atomic mass is 10.2. The molecule has 1 atom stereocenters. The van der Waals surface area contributed by atoms with Gasteiger partial charge in [-0.1, -0.05) is 12.1 Å². The van der Waals surface area contributed by atoms with Crippen LogP contribution in [0.2, 0.25) is 0 Å². The molecule has 0 aromatic heterocycles. The zero-order valence-corrected chi connectivity index (χ0v) is 13.3. The molecule has 24 heavy (non-hydrogen) atoms. The van der Waals surface area contributed by atoms with Gasteiger partial charge in [-0.3, -0.25) is 4.79 Å². The quantitative estimate of drug-likeness (QED) is 0.659. The highest BCUT2D eigenvalue weighted by Gasteiger charge is 2.34. The van der Waals surface area contributed by atoms with Crippen LogP contribution >= 0.6 is 0 Å². The Bertz CT molecular complexity index is 611. The molecule has 0 radical (unpaired) electrons. The van der Waals surface area contributed by atoms with Crippen LogP contribution in [0.4, 0.5) is 4.79 Å². The van der Waals surface area contributed by atoms with Gasteiger partial charge in [0.25, 0.3) is 0 Å². The van der Waals surface area contributed by atoms with Crippen LogP contribution in [0.25, 0.3) is 0 Å². The van der Waals surface area contributed by atoms with Gasteiger partial charge in [0.1, 0.15) is 11.8 Å². The molecule has 0 heterocycles. The Morgan fingerprint density at radius 3 is 2.33 bits per heavy atom. The molecule has 1 aromatic carbocycles. The third-order valence-corrected chi connectivity index (χ3v) is 3.74. The average molecular weight is 336 g/mol. The maximum absolute atomic E-state index is 12.4. The number of aliphatic carboxylic acids is 2. The fraction of sp³-hybridized carbons (Fsp3) is 0.438. The molecule has 2 amide bonds. The first-order valence-electron chi connectivity index (χ1n) is 7.55. The molecule has 0 spiro atoms. The lowest BCUT2D eigenvalue weighted by Gasteiger charge is -2.25. The molecule has 8 heteroatoms. The molecule has 2 rings (SSSR count). The lowest BCUT2D eigenvalue weighted by molar-refractivity contribution is -0.145. The van der Waals surface area contributed by atoms with Crippen LogP contribution in [-0.4, -0.2) is 52.3 Å². The first-order chi connectivity index (χ1) is 11.4. The molecule has 0 aliphatic heterocycles. The second kappa shape index (κ2) is 7.67. The van der Waals surface area contributed by atoms with Crippen LogP contribution in [0.1, 0.15) is 24.8 Å². The van der Waals surface area contributed by atoms with Crippen LogP contribution in [0, 0.1) is 0 Å². The number of carbonyl (C=O) groups excluding carboxylic acids is 1. The largest absolute Gasteiger partial charge is 0.497 e. The van der Waals surface area contributed by atoms with E-state index in [1.165, 1.54) is 0 Å². The summed E-state index contributed by atoms with van der Waals surface area (Å²) < 4.78 is 5.08. The zero-order valence-electron chi connectivity index (χ0n) is 13.3. The van der Waals surface area contributed by atoms with Crippen molar-refractivity contribution in [3.8, 4) is 5.75 Å². The van der Waals surface area contributed by atoms with Crippen molar-refractivity contribution >= 4 is 18.0 Å². The van der Waals surface area contributed by atoms with Gasteiger partial charge in [0.15, 0.2) is 0 Å². The van der Waals surface area contributed by atoms with Gasteiger partial charge in [0.05, 0.1) is 13.5 Å². The summed E-state index contributed by atoms with van der Waals surface area (Å²) in [7, 11) is 1.56. The molecule has 1 aliphatic carbocycles. The van der Waals surface area contributed by atoms with E-state index in [9.17, 15) is 14.4 Å². The van der Waals surface area contributed by atoms with Gasteiger partial charge in [-0.15, -0.1) is 0 Å². The van der Waals surface area contributed by atoms with Crippen LogP contribution in [0.5, 0.6) is 5.75 Å². The topological polar surface area (TPSA) is 116 Å². The summed E-state index contributed by atoms with van der Waals surface area (Å²) in [4.78, 5) is 35.7. The molecular weight excluding hydrogens is 316 g/mol. The average Bonchev–Trinajstić information content (AvgIpc) is 3.36. The third kappa shape index (κ3) is 4.87. The van der Waals surface area contributed by atoms with E-state index in [2.05, 4.69) is 5.32 Å². The summed E-state index contributed by atoms with van der Waals surface area (Å²) in [5, 5.41) is 20.1. The van der Waals surface area contributed by atoms with Crippen molar-refractivity contribution < 1.29 is 29.3 Å². The minimum Gasteiger partial charge on any atom is -0.497 e. The lowest BCUT2D eigenvalue weighted by Crippen LogP contribution is -2.49. The van der Waals surface area contributed by atoms with Gasteiger partial charge in [-0.05, 0) is 30.5 Å². The fourth-order valence-electron chi connectivity index (χ4n) is 2.29. The number of nitrogens with zero attached hydrogens (tertiary/aromatic N) is 1. The van der Waals surface area contributed by atoms with Crippen LogP contribution in [-0.2, 0) is 16.1 Å². The van der Waals surface area contributed by atoms with Crippen LogP contribution < -0.4 is 10.1 Å². The number of carboxylic acid groups (broad SMARTS) is 2. The molecule has 0 unspecified atom stereocenters. The van der Waals surface area contributed by atoms with Crippen molar-refractivity contribution in [2.75, 3.05) is 7.11 Å². The zero-order chi connectivity index (χ0) is 17.7. The number of nitrogens with one attached hydrogen (secondary N) is 1. The van der Waals surface area contributed by atoms with E-state index >= 15 is 0 Å². The fourth-order valence-corrected chi connectivity index (χ4v) is 2.29. The van der Waals surface area contributed by atoms with Crippen molar-refractivity contribution in [3.05, 3.63) is 29.8 Å².